The predicted octanol–water partition coefficient (Wildman–Crippen LogP) is 10.5. The fourth-order valence-electron chi connectivity index (χ4n) is 7.07. The van der Waals surface area contributed by atoms with Crippen molar-refractivity contribution in [2.75, 3.05) is 0 Å². The van der Waals surface area contributed by atoms with Crippen LogP contribution in [0.25, 0.3) is 72.1 Å². The van der Waals surface area contributed by atoms with Crippen molar-refractivity contribution >= 4 is 49.6 Å². The van der Waals surface area contributed by atoms with E-state index in [1.807, 2.05) is 0 Å². The summed E-state index contributed by atoms with van der Waals surface area (Å²) in [5.74, 6) is 0. The largest absolute Gasteiger partial charge is 0.312 e. The van der Waals surface area contributed by atoms with Gasteiger partial charge in [0, 0.05) is 38.8 Å². The lowest BCUT2D eigenvalue weighted by Gasteiger charge is -2.14. The maximum absolute atomic E-state index is 2.54. The molecule has 0 fully saturated rings. The maximum Gasteiger partial charge on any atom is 0.0638 e. The van der Waals surface area contributed by atoms with Gasteiger partial charge in [0.1, 0.15) is 0 Å². The van der Waals surface area contributed by atoms with Gasteiger partial charge in [-0.15, -0.1) is 0 Å². The van der Waals surface area contributed by atoms with Crippen LogP contribution in [0.15, 0.2) is 140 Å². The van der Waals surface area contributed by atoms with Crippen LogP contribution in [0.2, 0.25) is 0 Å². The Kier molecular flexibility index (Phi) is 5.06. The topological polar surface area (TPSA) is 9.86 Å². The lowest BCUT2D eigenvalue weighted by Crippen LogP contribution is -2.03. The number of allylic oxidation sites excluding steroid dienone is 1. The second-order valence-corrected chi connectivity index (χ2v) is 11.3. The third kappa shape index (κ3) is 3.39. The highest BCUT2D eigenvalue weighted by Crippen LogP contribution is 2.43. The Labute approximate surface area is 244 Å². The standard InChI is InChI=1S/C40H28N2/c1-2-10-27(11-3-1)29-18-21-31(22-19-29)42-36-16-8-6-14-33(36)34-24-25-38-39(40(34)42)35-15-7-9-17-37(35)41(38)32-23-20-28-12-4-5-13-30(28)26-32/h1-7,9-15,17-26H,8,16H2. The quantitative estimate of drug-likeness (QED) is 0.213. The van der Waals surface area contributed by atoms with Gasteiger partial charge in [-0.25, -0.2) is 0 Å². The van der Waals surface area contributed by atoms with Crippen LogP contribution in [0.1, 0.15) is 17.7 Å². The number of aromatic nitrogens is 2. The summed E-state index contributed by atoms with van der Waals surface area (Å²) < 4.78 is 4.99. The molecule has 0 bridgehead atoms. The maximum atomic E-state index is 2.54. The van der Waals surface area contributed by atoms with Gasteiger partial charge < -0.3 is 9.13 Å². The zero-order chi connectivity index (χ0) is 27.6. The lowest BCUT2D eigenvalue weighted by molar-refractivity contribution is 0.890. The predicted molar refractivity (Wildman–Crippen MR) is 178 cm³/mol. The van der Waals surface area contributed by atoms with Crippen molar-refractivity contribution < 1.29 is 0 Å². The van der Waals surface area contributed by atoms with Crippen LogP contribution < -0.4 is 0 Å². The Hall–Kier alpha value is -5.34. The van der Waals surface area contributed by atoms with Gasteiger partial charge >= 0.3 is 0 Å². The van der Waals surface area contributed by atoms with Crippen molar-refractivity contribution in [1.29, 1.82) is 0 Å². The van der Waals surface area contributed by atoms with Gasteiger partial charge in [-0.2, -0.15) is 0 Å². The Morgan fingerprint density at radius 3 is 2.12 bits per heavy atom. The summed E-state index contributed by atoms with van der Waals surface area (Å²) in [5.41, 5.74) is 11.4. The zero-order valence-electron chi connectivity index (χ0n) is 23.2. The fourth-order valence-corrected chi connectivity index (χ4v) is 7.07. The van der Waals surface area contributed by atoms with Gasteiger partial charge in [0.25, 0.3) is 0 Å². The summed E-state index contributed by atoms with van der Waals surface area (Å²) in [7, 11) is 0. The van der Waals surface area contributed by atoms with E-state index in [9.17, 15) is 0 Å². The van der Waals surface area contributed by atoms with Crippen molar-refractivity contribution in [1.82, 2.24) is 9.13 Å². The molecule has 0 amide bonds. The van der Waals surface area contributed by atoms with Gasteiger partial charge in [0.05, 0.1) is 16.6 Å². The highest BCUT2D eigenvalue weighted by atomic mass is 15.0. The van der Waals surface area contributed by atoms with E-state index in [-0.39, 0.29) is 0 Å². The highest BCUT2D eigenvalue weighted by Gasteiger charge is 2.24. The van der Waals surface area contributed by atoms with E-state index in [4.69, 9.17) is 0 Å². The van der Waals surface area contributed by atoms with Crippen LogP contribution in [0, 0.1) is 0 Å². The Morgan fingerprint density at radius 1 is 0.500 bits per heavy atom. The van der Waals surface area contributed by atoms with Gasteiger partial charge in [-0.1, -0.05) is 109 Å². The fraction of sp³-hybridized carbons (Fsp3) is 0.0500. The Morgan fingerprint density at radius 2 is 1.24 bits per heavy atom. The molecule has 42 heavy (non-hydrogen) atoms. The van der Waals surface area contributed by atoms with E-state index >= 15 is 0 Å². The zero-order valence-corrected chi connectivity index (χ0v) is 23.2. The molecule has 6 aromatic carbocycles. The van der Waals surface area contributed by atoms with E-state index < -0.39 is 0 Å². The summed E-state index contributed by atoms with van der Waals surface area (Å²) in [6, 6.07) is 48.7. The molecule has 2 heteroatoms. The first-order valence-corrected chi connectivity index (χ1v) is 14.8. The summed E-state index contributed by atoms with van der Waals surface area (Å²) in [4.78, 5) is 0. The van der Waals surface area contributed by atoms with E-state index in [0.29, 0.717) is 0 Å². The molecule has 2 heterocycles. The SMILES string of the molecule is C1=Cc2c(n(-c3ccc(-c4ccccc4)cc3)c3c2ccc2c3c3ccccc3n2-c2ccc3ccccc3c2)CC1. The van der Waals surface area contributed by atoms with Gasteiger partial charge in [-0.05, 0) is 71.1 Å². The van der Waals surface area contributed by atoms with E-state index in [2.05, 4.69) is 155 Å². The first kappa shape index (κ1) is 23.4. The molecule has 198 valence electrons. The molecular weight excluding hydrogens is 508 g/mol. The first-order chi connectivity index (χ1) is 20.8. The molecule has 0 atom stereocenters. The third-order valence-electron chi connectivity index (χ3n) is 8.96. The number of hydrogen-bond acceptors (Lipinski definition) is 0. The van der Waals surface area contributed by atoms with Crippen molar-refractivity contribution in [3.63, 3.8) is 0 Å². The molecule has 0 aliphatic heterocycles. The second kappa shape index (κ2) is 9.09. The van der Waals surface area contributed by atoms with Crippen molar-refractivity contribution in [2.24, 2.45) is 0 Å². The van der Waals surface area contributed by atoms with Crippen LogP contribution >= 0.6 is 0 Å². The first-order valence-electron chi connectivity index (χ1n) is 14.8. The molecule has 9 rings (SSSR count). The van der Waals surface area contributed by atoms with E-state index in [0.717, 1.165) is 12.8 Å². The Balaban J connectivity index is 1.37. The highest BCUT2D eigenvalue weighted by molar-refractivity contribution is 6.22. The monoisotopic (exact) mass is 536 g/mol. The van der Waals surface area contributed by atoms with Crippen LogP contribution in [0.4, 0.5) is 0 Å². The molecule has 0 saturated carbocycles. The molecule has 1 aliphatic carbocycles. The van der Waals surface area contributed by atoms with Crippen LogP contribution in [0.3, 0.4) is 0 Å². The molecule has 0 unspecified atom stereocenters. The number of para-hydroxylation sites is 1. The minimum Gasteiger partial charge on any atom is -0.312 e. The molecule has 8 aromatic rings. The van der Waals surface area contributed by atoms with E-state index in [1.54, 1.807) is 0 Å². The van der Waals surface area contributed by atoms with Crippen LogP contribution in [0.5, 0.6) is 0 Å². The van der Waals surface area contributed by atoms with Crippen LogP contribution in [-0.4, -0.2) is 9.13 Å². The minimum atomic E-state index is 1.03. The molecule has 0 N–H and O–H groups in total. The average molecular weight is 537 g/mol. The number of rotatable bonds is 3. The smallest absolute Gasteiger partial charge is 0.0638 e. The molecule has 0 saturated heterocycles. The summed E-state index contributed by atoms with van der Waals surface area (Å²) in [6.45, 7) is 0. The number of fused-ring (bicyclic) bond motifs is 8. The normalized spacial score (nSPS) is 13.0. The number of benzene rings is 6. The van der Waals surface area contributed by atoms with Crippen molar-refractivity contribution in [3.05, 3.63) is 151 Å². The molecule has 1 aliphatic rings. The minimum absolute atomic E-state index is 1.03. The summed E-state index contributed by atoms with van der Waals surface area (Å²) in [5, 5.41) is 6.43. The van der Waals surface area contributed by atoms with Crippen molar-refractivity contribution in [2.45, 2.75) is 12.8 Å². The van der Waals surface area contributed by atoms with Gasteiger partial charge in [-0.3, -0.25) is 0 Å². The number of nitrogens with zero attached hydrogens (tertiary/aromatic N) is 2. The van der Waals surface area contributed by atoms with Crippen molar-refractivity contribution in [3.8, 4) is 22.5 Å². The molecular formula is C40H28N2. The van der Waals surface area contributed by atoms with Crippen LogP contribution in [-0.2, 0) is 6.42 Å². The van der Waals surface area contributed by atoms with E-state index in [1.165, 1.54) is 77.2 Å². The third-order valence-corrected chi connectivity index (χ3v) is 8.96. The molecule has 0 spiro atoms. The lowest BCUT2D eigenvalue weighted by atomic mass is 10.0. The molecule has 0 radical (unpaired) electrons. The molecule has 2 nitrogen and oxygen atoms in total. The summed E-state index contributed by atoms with van der Waals surface area (Å²) in [6.07, 6.45) is 6.76. The second-order valence-electron chi connectivity index (χ2n) is 11.3. The van der Waals surface area contributed by atoms with Gasteiger partial charge in [0.15, 0.2) is 0 Å². The Bertz CT molecular complexity index is 2330. The molecule has 2 aromatic heterocycles. The summed E-state index contributed by atoms with van der Waals surface area (Å²) >= 11 is 0. The van der Waals surface area contributed by atoms with Gasteiger partial charge in [0.2, 0.25) is 0 Å². The average Bonchev–Trinajstić information content (AvgIpc) is 3.58. The number of hydrogen-bond donors (Lipinski definition) is 0.